The first-order chi connectivity index (χ1) is 21.6. The van der Waals surface area contributed by atoms with Gasteiger partial charge in [-0.3, -0.25) is 9.59 Å². The lowest BCUT2D eigenvalue weighted by Crippen LogP contribution is -2.15. The van der Waals surface area contributed by atoms with Crippen LogP contribution in [0.4, 0.5) is 11.4 Å². The van der Waals surface area contributed by atoms with Crippen molar-refractivity contribution in [2.45, 2.75) is 34.0 Å². The van der Waals surface area contributed by atoms with Gasteiger partial charge < -0.3 is 20.6 Å². The molecule has 13 heteroatoms. The molecule has 6 rings (SSSR count). The molecule has 2 amide bonds. The van der Waals surface area contributed by atoms with E-state index in [1.54, 1.807) is 24.3 Å². The first kappa shape index (κ1) is 30.4. The van der Waals surface area contributed by atoms with E-state index in [9.17, 15) is 18.0 Å². The van der Waals surface area contributed by atoms with Crippen LogP contribution in [0.15, 0.2) is 105 Å². The highest BCUT2D eigenvalue weighted by atomic mass is 32.2. The van der Waals surface area contributed by atoms with Crippen molar-refractivity contribution in [3.63, 3.8) is 0 Å². The SMILES string of the molecule is Cc1ccc2nc(SCC(=O)Nc3cccc(S(=O)(=O)c4cccc(NC(=O)CSc5nc6ccc(C)cc6[nH]5)c4)c3)[nH]c2c1. The topological polar surface area (TPSA) is 150 Å². The molecule has 0 saturated heterocycles. The number of amides is 2. The molecule has 0 bridgehead atoms. The molecule has 0 unspecified atom stereocenters. The number of rotatable bonds is 10. The summed E-state index contributed by atoms with van der Waals surface area (Å²) >= 11 is 2.52. The minimum atomic E-state index is -3.95. The summed E-state index contributed by atoms with van der Waals surface area (Å²) in [5, 5.41) is 6.77. The normalized spacial score (nSPS) is 11.6. The molecule has 0 aliphatic rings. The Labute approximate surface area is 267 Å². The lowest BCUT2D eigenvalue weighted by Gasteiger charge is -2.10. The molecule has 0 aliphatic heterocycles. The van der Waals surface area contributed by atoms with Gasteiger partial charge in [-0.2, -0.15) is 0 Å². The first-order valence-corrected chi connectivity index (χ1v) is 17.3. The van der Waals surface area contributed by atoms with Crippen molar-refractivity contribution in [3.05, 3.63) is 96.1 Å². The average molecular weight is 657 g/mol. The van der Waals surface area contributed by atoms with E-state index in [0.717, 1.165) is 33.2 Å². The maximum atomic E-state index is 13.5. The number of carbonyl (C=O) groups is 2. The average Bonchev–Trinajstić information content (AvgIpc) is 3.62. The second-order valence-corrected chi connectivity index (χ2v) is 14.2. The van der Waals surface area contributed by atoms with Gasteiger partial charge in [0.15, 0.2) is 10.3 Å². The second-order valence-electron chi connectivity index (χ2n) is 10.4. The largest absolute Gasteiger partial charge is 0.333 e. The number of sulfone groups is 1. The fourth-order valence-electron chi connectivity index (χ4n) is 4.62. The fourth-order valence-corrected chi connectivity index (χ4v) is 7.34. The third kappa shape index (κ3) is 7.22. The standard InChI is InChI=1S/C32H28N6O4S3/c1-19-9-11-25-27(13-19)37-31(35-25)43-17-29(39)33-21-5-3-7-23(15-21)45(41,42)24-8-4-6-22(16-24)34-30(40)18-44-32-36-26-12-10-20(2)14-28(26)38-32/h3-16H,17-18H2,1-2H3,(H,33,39)(H,34,40)(H,35,37)(H,36,38). The van der Waals surface area contributed by atoms with Gasteiger partial charge in [-0.1, -0.05) is 47.8 Å². The molecule has 228 valence electrons. The van der Waals surface area contributed by atoms with Crippen LogP contribution in [0.25, 0.3) is 22.1 Å². The number of hydrogen-bond acceptors (Lipinski definition) is 8. The Balaban J connectivity index is 1.07. The van der Waals surface area contributed by atoms with Gasteiger partial charge >= 0.3 is 0 Å². The van der Waals surface area contributed by atoms with Crippen molar-refractivity contribution in [1.82, 2.24) is 19.9 Å². The quantitative estimate of drug-likeness (QED) is 0.125. The Morgan fingerprint density at radius 3 is 1.56 bits per heavy atom. The number of aromatic amines is 2. The van der Waals surface area contributed by atoms with Crippen LogP contribution in [0, 0.1) is 13.8 Å². The van der Waals surface area contributed by atoms with Crippen molar-refractivity contribution in [1.29, 1.82) is 0 Å². The van der Waals surface area contributed by atoms with Gasteiger partial charge in [0, 0.05) is 11.4 Å². The smallest absolute Gasteiger partial charge is 0.234 e. The lowest BCUT2D eigenvalue weighted by atomic mass is 10.2. The number of thioether (sulfide) groups is 2. The summed E-state index contributed by atoms with van der Waals surface area (Å²) in [5.41, 5.74) is 6.36. The zero-order valence-corrected chi connectivity index (χ0v) is 26.7. The van der Waals surface area contributed by atoms with E-state index in [-0.39, 0.29) is 33.1 Å². The Bertz CT molecular complexity index is 2030. The van der Waals surface area contributed by atoms with Crippen molar-refractivity contribution in [3.8, 4) is 0 Å². The van der Waals surface area contributed by atoms with Crippen molar-refractivity contribution in [2.24, 2.45) is 0 Å². The number of carbonyl (C=O) groups excluding carboxylic acids is 2. The molecule has 2 heterocycles. The summed E-state index contributed by atoms with van der Waals surface area (Å²) in [6.07, 6.45) is 0. The summed E-state index contributed by atoms with van der Waals surface area (Å²) in [6, 6.07) is 23.9. The number of anilines is 2. The molecule has 2 aromatic heterocycles. The molecule has 6 aromatic rings. The number of fused-ring (bicyclic) bond motifs is 2. The molecule has 0 spiro atoms. The van der Waals surface area contributed by atoms with Crippen molar-refractivity contribution < 1.29 is 18.0 Å². The second kappa shape index (κ2) is 12.8. The monoisotopic (exact) mass is 656 g/mol. The molecular weight excluding hydrogens is 629 g/mol. The number of nitrogens with one attached hydrogen (secondary N) is 4. The van der Waals surface area contributed by atoms with E-state index in [0.29, 0.717) is 21.7 Å². The van der Waals surface area contributed by atoms with E-state index >= 15 is 0 Å². The highest BCUT2D eigenvalue weighted by molar-refractivity contribution is 8.00. The van der Waals surface area contributed by atoms with Crippen LogP contribution in [-0.2, 0) is 19.4 Å². The summed E-state index contributed by atoms with van der Waals surface area (Å²) in [4.78, 5) is 40.7. The van der Waals surface area contributed by atoms with E-state index in [4.69, 9.17) is 0 Å². The van der Waals surface area contributed by atoms with Gasteiger partial charge in [-0.05, 0) is 85.6 Å². The highest BCUT2D eigenvalue weighted by Gasteiger charge is 2.20. The summed E-state index contributed by atoms with van der Waals surface area (Å²) < 4.78 is 27.0. The number of aryl methyl sites for hydroxylation is 2. The van der Waals surface area contributed by atoms with Crippen LogP contribution >= 0.6 is 23.5 Å². The molecule has 10 nitrogen and oxygen atoms in total. The first-order valence-electron chi connectivity index (χ1n) is 13.9. The van der Waals surface area contributed by atoms with Crippen LogP contribution < -0.4 is 10.6 Å². The Morgan fingerprint density at radius 2 is 1.11 bits per heavy atom. The van der Waals surface area contributed by atoms with E-state index in [1.165, 1.54) is 47.8 Å². The third-order valence-corrected chi connectivity index (χ3v) is 10.3. The molecule has 4 aromatic carbocycles. The molecule has 0 saturated carbocycles. The Morgan fingerprint density at radius 1 is 0.667 bits per heavy atom. The van der Waals surface area contributed by atoms with Crippen LogP contribution in [0.5, 0.6) is 0 Å². The summed E-state index contributed by atoms with van der Waals surface area (Å²) in [7, 11) is -3.95. The molecule has 45 heavy (non-hydrogen) atoms. The zero-order valence-electron chi connectivity index (χ0n) is 24.2. The summed E-state index contributed by atoms with van der Waals surface area (Å²) in [5.74, 6) is -0.421. The zero-order chi connectivity index (χ0) is 31.6. The van der Waals surface area contributed by atoms with Gasteiger partial charge in [0.1, 0.15) is 0 Å². The van der Waals surface area contributed by atoms with Crippen molar-refractivity contribution >= 4 is 78.6 Å². The fraction of sp³-hybridized carbons (Fsp3) is 0.125. The van der Waals surface area contributed by atoms with Gasteiger partial charge in [-0.15, -0.1) is 0 Å². The maximum absolute atomic E-state index is 13.5. The number of H-pyrrole nitrogens is 2. The minimum Gasteiger partial charge on any atom is -0.333 e. The molecule has 0 atom stereocenters. The van der Waals surface area contributed by atoms with Crippen LogP contribution in [0.3, 0.4) is 0 Å². The maximum Gasteiger partial charge on any atom is 0.234 e. The molecular formula is C32H28N6O4S3. The molecule has 0 aliphatic carbocycles. The van der Waals surface area contributed by atoms with E-state index < -0.39 is 9.84 Å². The molecule has 4 N–H and O–H groups in total. The highest BCUT2D eigenvalue weighted by Crippen LogP contribution is 2.27. The predicted octanol–water partition coefficient (Wildman–Crippen LogP) is 6.35. The van der Waals surface area contributed by atoms with Gasteiger partial charge in [0.2, 0.25) is 21.7 Å². The van der Waals surface area contributed by atoms with Gasteiger partial charge in [0.05, 0.1) is 43.4 Å². The van der Waals surface area contributed by atoms with E-state index in [2.05, 4.69) is 30.6 Å². The van der Waals surface area contributed by atoms with Crippen LogP contribution in [0.1, 0.15) is 11.1 Å². The van der Waals surface area contributed by atoms with Gasteiger partial charge in [-0.25, -0.2) is 18.4 Å². The number of benzene rings is 4. The number of hydrogen-bond donors (Lipinski definition) is 4. The Hall–Kier alpha value is -4.59. The van der Waals surface area contributed by atoms with Crippen molar-refractivity contribution in [2.75, 3.05) is 22.1 Å². The third-order valence-electron chi connectivity index (χ3n) is 6.77. The number of aromatic nitrogens is 4. The van der Waals surface area contributed by atoms with E-state index in [1.807, 2.05) is 50.2 Å². The lowest BCUT2D eigenvalue weighted by molar-refractivity contribution is -0.114. The van der Waals surface area contributed by atoms with Crippen LogP contribution in [0.2, 0.25) is 0 Å². The number of imidazole rings is 2. The summed E-state index contributed by atoms with van der Waals surface area (Å²) in [6.45, 7) is 3.99. The molecule has 0 radical (unpaired) electrons. The Kier molecular flexibility index (Phi) is 8.65. The minimum absolute atomic E-state index is 0.0137. The number of nitrogens with zero attached hydrogens (tertiary/aromatic N) is 2. The predicted molar refractivity (Wildman–Crippen MR) is 179 cm³/mol. The van der Waals surface area contributed by atoms with Crippen LogP contribution in [-0.4, -0.2) is 51.7 Å². The molecule has 0 fully saturated rings. The van der Waals surface area contributed by atoms with Gasteiger partial charge in [0.25, 0.3) is 0 Å².